The number of carbonyl (C=O) groups excluding carboxylic acids is 1. The summed E-state index contributed by atoms with van der Waals surface area (Å²) >= 11 is 5.87. The monoisotopic (exact) mass is 225 g/mol. The predicted molar refractivity (Wildman–Crippen MR) is 62.9 cm³/mol. The van der Waals surface area contributed by atoms with Gasteiger partial charge in [0.05, 0.1) is 6.04 Å². The van der Waals surface area contributed by atoms with Crippen LogP contribution in [0.15, 0.2) is 24.3 Å². The molecule has 0 unspecified atom stereocenters. The molecular weight excluding hydrogens is 210 g/mol. The van der Waals surface area contributed by atoms with E-state index >= 15 is 0 Å². The lowest BCUT2D eigenvalue weighted by Crippen LogP contribution is -2.26. The van der Waals surface area contributed by atoms with E-state index in [1.807, 2.05) is 38.1 Å². The molecule has 1 aromatic carbocycles. The Kier molecular flexibility index (Phi) is 4.63. The van der Waals surface area contributed by atoms with Crippen molar-refractivity contribution in [1.82, 2.24) is 5.32 Å². The van der Waals surface area contributed by atoms with Crippen LogP contribution in [0.5, 0.6) is 0 Å². The van der Waals surface area contributed by atoms with E-state index in [1.54, 1.807) is 0 Å². The van der Waals surface area contributed by atoms with E-state index in [2.05, 4.69) is 5.32 Å². The Bertz CT molecular complexity index is 338. The van der Waals surface area contributed by atoms with Gasteiger partial charge >= 0.3 is 0 Å². The predicted octanol–water partition coefficient (Wildman–Crippen LogP) is 3.32. The standard InChI is InChI=1S/C12H16ClNO/c1-3-5-12(15)14-9(2)10-6-4-7-11(13)8-10/h4,6-9H,3,5H2,1-2H3,(H,14,15)/t9-/m1/s1. The second-order valence-corrected chi connectivity index (χ2v) is 4.03. The average molecular weight is 226 g/mol. The van der Waals surface area contributed by atoms with E-state index in [1.165, 1.54) is 0 Å². The van der Waals surface area contributed by atoms with E-state index in [0.29, 0.717) is 11.4 Å². The van der Waals surface area contributed by atoms with Crippen LogP contribution >= 0.6 is 11.6 Å². The molecule has 0 aromatic heterocycles. The minimum atomic E-state index is 0.0164. The molecule has 0 aliphatic rings. The summed E-state index contributed by atoms with van der Waals surface area (Å²) in [4.78, 5) is 11.4. The number of halogens is 1. The molecule has 1 rings (SSSR count). The van der Waals surface area contributed by atoms with E-state index < -0.39 is 0 Å². The van der Waals surface area contributed by atoms with Gasteiger partial charge in [-0.05, 0) is 31.0 Å². The molecule has 0 fully saturated rings. The zero-order valence-electron chi connectivity index (χ0n) is 9.09. The molecule has 0 saturated carbocycles. The van der Waals surface area contributed by atoms with Gasteiger partial charge in [0.25, 0.3) is 0 Å². The fourth-order valence-corrected chi connectivity index (χ4v) is 1.60. The van der Waals surface area contributed by atoms with E-state index in [0.717, 1.165) is 12.0 Å². The first-order chi connectivity index (χ1) is 7.13. The SMILES string of the molecule is CCCC(=O)N[C@H](C)c1cccc(Cl)c1. The lowest BCUT2D eigenvalue weighted by molar-refractivity contribution is -0.121. The van der Waals surface area contributed by atoms with Crippen LogP contribution in [0.2, 0.25) is 5.02 Å². The Labute approximate surface area is 95.6 Å². The molecule has 0 radical (unpaired) electrons. The van der Waals surface area contributed by atoms with E-state index in [4.69, 9.17) is 11.6 Å². The molecule has 2 nitrogen and oxygen atoms in total. The summed E-state index contributed by atoms with van der Waals surface area (Å²) in [5.74, 6) is 0.0879. The van der Waals surface area contributed by atoms with Crippen molar-refractivity contribution in [3.63, 3.8) is 0 Å². The summed E-state index contributed by atoms with van der Waals surface area (Å²) in [5.41, 5.74) is 1.03. The maximum absolute atomic E-state index is 11.4. The highest BCUT2D eigenvalue weighted by molar-refractivity contribution is 6.30. The number of nitrogens with one attached hydrogen (secondary N) is 1. The van der Waals surface area contributed by atoms with Crippen molar-refractivity contribution in [2.45, 2.75) is 32.7 Å². The first-order valence-corrected chi connectivity index (χ1v) is 5.56. The molecule has 0 spiro atoms. The fraction of sp³-hybridized carbons (Fsp3) is 0.417. The highest BCUT2D eigenvalue weighted by Gasteiger charge is 2.08. The number of amides is 1. The summed E-state index contributed by atoms with van der Waals surface area (Å²) in [7, 11) is 0. The fourth-order valence-electron chi connectivity index (χ4n) is 1.40. The molecule has 1 aromatic rings. The van der Waals surface area contributed by atoms with E-state index in [9.17, 15) is 4.79 Å². The van der Waals surface area contributed by atoms with Crippen LogP contribution < -0.4 is 5.32 Å². The lowest BCUT2D eigenvalue weighted by Gasteiger charge is -2.14. The van der Waals surface area contributed by atoms with Gasteiger partial charge in [0.1, 0.15) is 0 Å². The Hall–Kier alpha value is -1.02. The van der Waals surface area contributed by atoms with Crippen molar-refractivity contribution in [2.75, 3.05) is 0 Å². The molecule has 0 aliphatic heterocycles. The van der Waals surface area contributed by atoms with Gasteiger partial charge in [0.15, 0.2) is 0 Å². The van der Waals surface area contributed by atoms with Crippen molar-refractivity contribution < 1.29 is 4.79 Å². The number of carbonyl (C=O) groups is 1. The largest absolute Gasteiger partial charge is 0.350 e. The van der Waals surface area contributed by atoms with Gasteiger partial charge in [-0.2, -0.15) is 0 Å². The molecule has 82 valence electrons. The van der Waals surface area contributed by atoms with Crippen molar-refractivity contribution in [2.24, 2.45) is 0 Å². The molecule has 3 heteroatoms. The Morgan fingerprint density at radius 2 is 2.27 bits per heavy atom. The normalized spacial score (nSPS) is 12.2. The summed E-state index contributed by atoms with van der Waals surface area (Å²) in [5, 5.41) is 3.62. The maximum Gasteiger partial charge on any atom is 0.220 e. The number of hydrogen-bond donors (Lipinski definition) is 1. The minimum Gasteiger partial charge on any atom is -0.350 e. The second kappa shape index (κ2) is 5.76. The zero-order valence-corrected chi connectivity index (χ0v) is 9.84. The second-order valence-electron chi connectivity index (χ2n) is 3.59. The van der Waals surface area contributed by atoms with Crippen LogP contribution in [0.1, 0.15) is 38.3 Å². The molecule has 0 heterocycles. The van der Waals surface area contributed by atoms with Crippen LogP contribution in [-0.2, 0) is 4.79 Å². The number of benzene rings is 1. The van der Waals surface area contributed by atoms with Gasteiger partial charge in [-0.25, -0.2) is 0 Å². The van der Waals surface area contributed by atoms with E-state index in [-0.39, 0.29) is 11.9 Å². The summed E-state index contributed by atoms with van der Waals surface area (Å²) < 4.78 is 0. The van der Waals surface area contributed by atoms with Crippen LogP contribution in [0, 0.1) is 0 Å². The third-order valence-corrected chi connectivity index (χ3v) is 2.44. The molecule has 1 atom stereocenters. The lowest BCUT2D eigenvalue weighted by atomic mass is 10.1. The van der Waals surface area contributed by atoms with Crippen molar-refractivity contribution in [3.05, 3.63) is 34.9 Å². The quantitative estimate of drug-likeness (QED) is 0.837. The molecule has 0 saturated heterocycles. The van der Waals surface area contributed by atoms with Crippen LogP contribution in [-0.4, -0.2) is 5.91 Å². The van der Waals surface area contributed by atoms with Crippen LogP contribution in [0.4, 0.5) is 0 Å². The van der Waals surface area contributed by atoms with Crippen molar-refractivity contribution in [3.8, 4) is 0 Å². The number of rotatable bonds is 4. The topological polar surface area (TPSA) is 29.1 Å². The van der Waals surface area contributed by atoms with Crippen LogP contribution in [0.3, 0.4) is 0 Å². The van der Waals surface area contributed by atoms with Crippen LogP contribution in [0.25, 0.3) is 0 Å². The van der Waals surface area contributed by atoms with Gasteiger partial charge in [-0.1, -0.05) is 30.7 Å². The molecule has 0 aliphatic carbocycles. The molecular formula is C12H16ClNO. The zero-order chi connectivity index (χ0) is 11.3. The van der Waals surface area contributed by atoms with Gasteiger partial charge in [-0.15, -0.1) is 0 Å². The first-order valence-electron chi connectivity index (χ1n) is 5.18. The van der Waals surface area contributed by atoms with Crippen molar-refractivity contribution >= 4 is 17.5 Å². The maximum atomic E-state index is 11.4. The summed E-state index contributed by atoms with van der Waals surface area (Å²) in [6, 6.07) is 7.57. The number of hydrogen-bond acceptors (Lipinski definition) is 1. The van der Waals surface area contributed by atoms with Gasteiger partial charge < -0.3 is 5.32 Å². The molecule has 1 amide bonds. The smallest absolute Gasteiger partial charge is 0.220 e. The third kappa shape index (κ3) is 3.92. The molecule has 0 bridgehead atoms. The van der Waals surface area contributed by atoms with Gasteiger partial charge in [-0.3, -0.25) is 4.79 Å². The Morgan fingerprint density at radius 3 is 2.87 bits per heavy atom. The average Bonchev–Trinajstić information content (AvgIpc) is 2.18. The third-order valence-electron chi connectivity index (χ3n) is 2.20. The minimum absolute atomic E-state index is 0.0164. The van der Waals surface area contributed by atoms with Crippen molar-refractivity contribution in [1.29, 1.82) is 0 Å². The highest BCUT2D eigenvalue weighted by Crippen LogP contribution is 2.17. The Balaban J connectivity index is 2.60. The van der Waals surface area contributed by atoms with Gasteiger partial charge in [0.2, 0.25) is 5.91 Å². The molecule has 1 N–H and O–H groups in total. The highest BCUT2D eigenvalue weighted by atomic mass is 35.5. The van der Waals surface area contributed by atoms with Gasteiger partial charge in [0, 0.05) is 11.4 Å². The first kappa shape index (κ1) is 12.1. The Morgan fingerprint density at radius 1 is 1.53 bits per heavy atom. The molecule has 15 heavy (non-hydrogen) atoms. The summed E-state index contributed by atoms with van der Waals surface area (Å²) in [6.07, 6.45) is 1.44. The summed E-state index contributed by atoms with van der Waals surface area (Å²) in [6.45, 7) is 3.95.